The van der Waals surface area contributed by atoms with Crippen LogP contribution in [0, 0.1) is 11.3 Å². The second kappa shape index (κ2) is 4.57. The number of aliphatic hydroxyl groups is 1. The Labute approximate surface area is 111 Å². The molecule has 0 fully saturated rings. The highest BCUT2D eigenvalue weighted by molar-refractivity contribution is 9.10. The predicted octanol–water partition coefficient (Wildman–Crippen LogP) is 3.03. The Kier molecular flexibility index (Phi) is 3.29. The molecule has 17 heavy (non-hydrogen) atoms. The van der Waals surface area contributed by atoms with Crippen molar-refractivity contribution in [2.24, 2.45) is 0 Å². The first-order chi connectivity index (χ1) is 8.04. The molecule has 0 radical (unpaired) electrons. The van der Waals surface area contributed by atoms with E-state index in [-0.39, 0.29) is 0 Å². The molecule has 1 N–H and O–H groups in total. The van der Waals surface area contributed by atoms with Gasteiger partial charge in [0.05, 0.1) is 11.6 Å². The second-order valence-corrected chi connectivity index (χ2v) is 5.41. The quantitative estimate of drug-likeness (QED) is 0.927. The van der Waals surface area contributed by atoms with Gasteiger partial charge in [-0.3, -0.25) is 0 Å². The van der Waals surface area contributed by atoms with Crippen molar-refractivity contribution in [3.63, 3.8) is 0 Å². The summed E-state index contributed by atoms with van der Waals surface area (Å²) in [6.45, 7) is 1.68. The number of halogens is 1. The summed E-state index contributed by atoms with van der Waals surface area (Å²) in [5, 5.41) is 21.8. The summed E-state index contributed by atoms with van der Waals surface area (Å²) in [6, 6.07) is 8.98. The average molecular weight is 309 g/mol. The fourth-order valence-electron chi connectivity index (χ4n) is 1.49. The van der Waals surface area contributed by atoms with Gasteiger partial charge in [-0.15, -0.1) is 11.3 Å². The molecule has 86 valence electrons. The third kappa shape index (κ3) is 2.39. The Morgan fingerprint density at radius 3 is 2.88 bits per heavy atom. The van der Waals surface area contributed by atoms with Gasteiger partial charge in [0.2, 0.25) is 0 Å². The van der Waals surface area contributed by atoms with Crippen molar-refractivity contribution in [2.75, 3.05) is 0 Å². The molecule has 1 aromatic heterocycles. The van der Waals surface area contributed by atoms with Crippen LogP contribution in [0.1, 0.15) is 23.1 Å². The van der Waals surface area contributed by atoms with E-state index in [1.807, 2.05) is 5.38 Å². The highest BCUT2D eigenvalue weighted by Crippen LogP contribution is 2.32. The van der Waals surface area contributed by atoms with Crippen LogP contribution in [0.25, 0.3) is 0 Å². The van der Waals surface area contributed by atoms with E-state index in [0.29, 0.717) is 20.7 Å². The van der Waals surface area contributed by atoms with Crippen LogP contribution in [0.15, 0.2) is 34.2 Å². The van der Waals surface area contributed by atoms with E-state index in [1.54, 1.807) is 31.2 Å². The van der Waals surface area contributed by atoms with Gasteiger partial charge in [-0.1, -0.05) is 12.1 Å². The van der Waals surface area contributed by atoms with E-state index in [2.05, 4.69) is 27.0 Å². The van der Waals surface area contributed by atoms with Crippen LogP contribution >= 0.6 is 27.3 Å². The van der Waals surface area contributed by atoms with E-state index >= 15 is 0 Å². The van der Waals surface area contributed by atoms with Crippen molar-refractivity contribution in [3.05, 3.63) is 50.4 Å². The third-order valence-electron chi connectivity index (χ3n) is 2.45. The molecular formula is C12H9BrN2OS. The van der Waals surface area contributed by atoms with Crippen molar-refractivity contribution >= 4 is 27.3 Å². The minimum absolute atomic E-state index is 0.526. The fraction of sp³-hybridized carbons (Fsp3) is 0.167. The van der Waals surface area contributed by atoms with Gasteiger partial charge in [-0.05, 0) is 40.5 Å². The van der Waals surface area contributed by atoms with Crippen molar-refractivity contribution < 1.29 is 5.11 Å². The minimum Gasteiger partial charge on any atom is -0.378 e. The maximum atomic E-state index is 10.5. The molecule has 3 nitrogen and oxygen atoms in total. The molecule has 5 heteroatoms. The van der Waals surface area contributed by atoms with Crippen LogP contribution in [0.3, 0.4) is 0 Å². The molecule has 0 spiro atoms. The molecule has 0 aliphatic carbocycles. The van der Waals surface area contributed by atoms with Crippen molar-refractivity contribution in [2.45, 2.75) is 12.5 Å². The van der Waals surface area contributed by atoms with E-state index in [1.165, 1.54) is 11.3 Å². The molecule has 0 saturated carbocycles. The van der Waals surface area contributed by atoms with Gasteiger partial charge in [-0.25, -0.2) is 4.98 Å². The van der Waals surface area contributed by atoms with Gasteiger partial charge in [0.15, 0.2) is 0 Å². The van der Waals surface area contributed by atoms with Gasteiger partial charge in [-0.2, -0.15) is 5.26 Å². The molecule has 2 aromatic rings. The largest absolute Gasteiger partial charge is 0.378 e. The van der Waals surface area contributed by atoms with Crippen LogP contribution < -0.4 is 0 Å². The Morgan fingerprint density at radius 2 is 2.29 bits per heavy atom. The number of aromatic nitrogens is 1. The van der Waals surface area contributed by atoms with Crippen molar-refractivity contribution in [3.8, 4) is 6.07 Å². The number of hydrogen-bond donors (Lipinski definition) is 1. The van der Waals surface area contributed by atoms with Crippen LogP contribution in [0.2, 0.25) is 0 Å². The summed E-state index contributed by atoms with van der Waals surface area (Å²) < 4.78 is 0.703. The lowest BCUT2D eigenvalue weighted by Crippen LogP contribution is -2.22. The molecule has 0 saturated heterocycles. The molecule has 1 aromatic carbocycles. The SMILES string of the molecule is CC(O)(c1cccc(C#N)c1)c1nc(Br)cs1. The zero-order valence-corrected chi connectivity index (χ0v) is 11.4. The molecule has 1 heterocycles. The second-order valence-electron chi connectivity index (χ2n) is 3.74. The first-order valence-corrected chi connectivity index (χ1v) is 6.56. The average Bonchev–Trinajstić information content (AvgIpc) is 2.76. The molecule has 0 amide bonds. The number of benzene rings is 1. The van der Waals surface area contributed by atoms with Crippen molar-refractivity contribution in [1.29, 1.82) is 5.26 Å². The van der Waals surface area contributed by atoms with E-state index in [0.717, 1.165) is 0 Å². The van der Waals surface area contributed by atoms with Gasteiger partial charge in [0, 0.05) is 5.38 Å². The summed E-state index contributed by atoms with van der Waals surface area (Å²) in [6.07, 6.45) is 0. The number of rotatable bonds is 2. The molecule has 0 aliphatic rings. The lowest BCUT2D eigenvalue weighted by atomic mass is 9.95. The van der Waals surface area contributed by atoms with Crippen LogP contribution in [0.5, 0.6) is 0 Å². The normalized spacial score (nSPS) is 14.0. The maximum absolute atomic E-state index is 10.5. The molecule has 0 bridgehead atoms. The van der Waals surface area contributed by atoms with Crippen molar-refractivity contribution in [1.82, 2.24) is 4.98 Å². The number of hydrogen-bond acceptors (Lipinski definition) is 4. The number of thiazole rings is 1. The topological polar surface area (TPSA) is 56.9 Å². The van der Waals surface area contributed by atoms with Crippen LogP contribution in [-0.4, -0.2) is 10.1 Å². The van der Waals surface area contributed by atoms with E-state index in [4.69, 9.17) is 5.26 Å². The Hall–Kier alpha value is -1.22. The summed E-state index contributed by atoms with van der Waals surface area (Å²) in [7, 11) is 0. The molecule has 2 rings (SSSR count). The smallest absolute Gasteiger partial charge is 0.138 e. The summed E-state index contributed by atoms with van der Waals surface area (Å²) in [5.74, 6) is 0. The Balaban J connectivity index is 2.47. The highest BCUT2D eigenvalue weighted by Gasteiger charge is 2.29. The summed E-state index contributed by atoms with van der Waals surface area (Å²) >= 11 is 4.64. The standard InChI is InChI=1S/C12H9BrN2OS/c1-12(16,11-15-10(13)7-17-11)9-4-2-3-8(5-9)6-14/h2-5,7,16H,1H3. The molecular weight excluding hydrogens is 300 g/mol. The minimum atomic E-state index is -1.18. The highest BCUT2D eigenvalue weighted by atomic mass is 79.9. The lowest BCUT2D eigenvalue weighted by molar-refractivity contribution is 0.102. The lowest BCUT2D eigenvalue weighted by Gasteiger charge is -2.21. The monoisotopic (exact) mass is 308 g/mol. The molecule has 0 aliphatic heterocycles. The first kappa shape index (κ1) is 12.2. The zero-order valence-electron chi connectivity index (χ0n) is 9.01. The molecule has 1 atom stereocenters. The Bertz CT molecular complexity index is 586. The van der Waals surface area contributed by atoms with Gasteiger partial charge in [0.1, 0.15) is 15.2 Å². The van der Waals surface area contributed by atoms with E-state index < -0.39 is 5.60 Å². The van der Waals surface area contributed by atoms with Crippen LogP contribution in [0.4, 0.5) is 0 Å². The summed E-state index contributed by atoms with van der Waals surface area (Å²) in [5.41, 5.74) is 0.0144. The maximum Gasteiger partial charge on any atom is 0.138 e. The molecule has 1 unspecified atom stereocenters. The van der Waals surface area contributed by atoms with Gasteiger partial charge < -0.3 is 5.11 Å². The Morgan fingerprint density at radius 1 is 1.53 bits per heavy atom. The van der Waals surface area contributed by atoms with Crippen LogP contribution in [-0.2, 0) is 5.60 Å². The first-order valence-electron chi connectivity index (χ1n) is 4.88. The third-order valence-corrected chi connectivity index (χ3v) is 4.21. The number of nitrogens with zero attached hydrogens (tertiary/aromatic N) is 2. The van der Waals surface area contributed by atoms with Gasteiger partial charge in [0.25, 0.3) is 0 Å². The van der Waals surface area contributed by atoms with Gasteiger partial charge >= 0.3 is 0 Å². The summed E-state index contributed by atoms with van der Waals surface area (Å²) in [4.78, 5) is 4.22. The number of nitriles is 1. The predicted molar refractivity (Wildman–Crippen MR) is 69.6 cm³/mol. The fourth-order valence-corrected chi connectivity index (χ4v) is 2.83. The van der Waals surface area contributed by atoms with E-state index in [9.17, 15) is 5.11 Å². The zero-order chi connectivity index (χ0) is 12.5.